The fourth-order valence-electron chi connectivity index (χ4n) is 3.30. The maximum absolute atomic E-state index is 12.5. The topological polar surface area (TPSA) is 149 Å². The Kier molecular flexibility index (Phi) is 7.39. The van der Waals surface area contributed by atoms with Crippen LogP contribution in [0.15, 0.2) is 42.5 Å². The molecule has 0 unspecified atom stereocenters. The molecule has 0 fully saturated rings. The lowest BCUT2D eigenvalue weighted by Gasteiger charge is -2.09. The number of methoxy groups -OCH3 is 2. The van der Waals surface area contributed by atoms with Gasteiger partial charge in [-0.05, 0) is 18.2 Å². The number of nitrogens with one attached hydrogen (secondary N) is 2. The Balaban J connectivity index is 1.94. The summed E-state index contributed by atoms with van der Waals surface area (Å²) in [4.78, 5) is 40.2. The van der Waals surface area contributed by atoms with Crippen LogP contribution in [0.25, 0.3) is 22.4 Å². The van der Waals surface area contributed by atoms with Crippen molar-refractivity contribution in [1.29, 1.82) is 5.41 Å². The van der Waals surface area contributed by atoms with E-state index < -0.39 is 5.97 Å². The van der Waals surface area contributed by atoms with Crippen LogP contribution in [0.2, 0.25) is 0 Å². The van der Waals surface area contributed by atoms with Gasteiger partial charge < -0.3 is 25.1 Å². The summed E-state index contributed by atoms with van der Waals surface area (Å²) in [6, 6.07) is 12.1. The Morgan fingerprint density at radius 3 is 2.27 bits per heavy atom. The second-order valence-corrected chi connectivity index (χ2v) is 7.19. The average Bonchev–Trinajstić information content (AvgIpc) is 3.19. The molecule has 0 atom stereocenters. The van der Waals surface area contributed by atoms with Crippen LogP contribution in [-0.4, -0.2) is 54.0 Å². The van der Waals surface area contributed by atoms with Crippen molar-refractivity contribution < 1.29 is 23.9 Å². The van der Waals surface area contributed by atoms with Crippen molar-refractivity contribution in [2.45, 2.75) is 19.4 Å². The first-order valence-corrected chi connectivity index (χ1v) is 10.2. The number of hydrogen-bond donors (Lipinski definition) is 3. The molecule has 3 rings (SSSR count). The Bertz CT molecular complexity index is 1200. The number of nitrogens with two attached hydrogens (primary N) is 1. The van der Waals surface area contributed by atoms with Crippen LogP contribution in [0.5, 0.6) is 0 Å². The van der Waals surface area contributed by atoms with Crippen molar-refractivity contribution in [1.82, 2.24) is 14.9 Å². The highest BCUT2D eigenvalue weighted by molar-refractivity contribution is 5.98. The zero-order valence-corrected chi connectivity index (χ0v) is 18.4. The van der Waals surface area contributed by atoms with E-state index in [0.29, 0.717) is 29.0 Å². The first kappa shape index (κ1) is 23.5. The van der Waals surface area contributed by atoms with Gasteiger partial charge in [0, 0.05) is 29.8 Å². The van der Waals surface area contributed by atoms with E-state index in [1.165, 1.54) is 14.2 Å². The highest BCUT2D eigenvalue weighted by Crippen LogP contribution is 2.26. The summed E-state index contributed by atoms with van der Waals surface area (Å²) in [6.07, 6.45) is 0.225. The second kappa shape index (κ2) is 10.4. The SMILES string of the molecule is COC(=O)CCNC(=O)c1ccc2c(c1)nc(-c1ccc(C(=N)N)cc1)n2CCC(=O)OC. The van der Waals surface area contributed by atoms with E-state index in [1.807, 2.05) is 4.57 Å². The van der Waals surface area contributed by atoms with E-state index in [9.17, 15) is 14.4 Å². The first-order chi connectivity index (χ1) is 15.8. The van der Waals surface area contributed by atoms with Gasteiger partial charge in [0.2, 0.25) is 0 Å². The number of esters is 2. The number of imidazole rings is 1. The predicted molar refractivity (Wildman–Crippen MR) is 122 cm³/mol. The normalized spacial score (nSPS) is 10.6. The maximum atomic E-state index is 12.5. The minimum Gasteiger partial charge on any atom is -0.469 e. The number of benzene rings is 2. The van der Waals surface area contributed by atoms with Gasteiger partial charge in [-0.25, -0.2) is 4.98 Å². The molecule has 0 aliphatic carbocycles. The number of hydrogen-bond acceptors (Lipinski definition) is 7. The van der Waals surface area contributed by atoms with Crippen molar-refractivity contribution in [2.24, 2.45) is 5.73 Å². The van der Waals surface area contributed by atoms with Gasteiger partial charge in [-0.1, -0.05) is 24.3 Å². The second-order valence-electron chi connectivity index (χ2n) is 7.19. The average molecular weight is 451 g/mol. The van der Waals surface area contributed by atoms with E-state index in [-0.39, 0.29) is 37.1 Å². The Morgan fingerprint density at radius 1 is 1.00 bits per heavy atom. The highest BCUT2D eigenvalue weighted by atomic mass is 16.5. The van der Waals surface area contributed by atoms with Crippen LogP contribution in [0, 0.1) is 5.41 Å². The number of carbonyl (C=O) groups is 3. The van der Waals surface area contributed by atoms with Gasteiger partial charge in [-0.15, -0.1) is 0 Å². The van der Waals surface area contributed by atoms with Crippen molar-refractivity contribution in [3.8, 4) is 11.4 Å². The first-order valence-electron chi connectivity index (χ1n) is 10.2. The molecule has 4 N–H and O–H groups in total. The summed E-state index contributed by atoms with van der Waals surface area (Å²) in [5, 5.41) is 10.2. The number of amidine groups is 1. The van der Waals surface area contributed by atoms with E-state index in [2.05, 4.69) is 10.1 Å². The molecule has 10 heteroatoms. The summed E-state index contributed by atoms with van der Waals surface area (Å²) < 4.78 is 11.2. The standard InChI is InChI=1S/C23H25N5O5/c1-32-19(29)9-11-26-23(31)16-7-8-18-17(13-16)27-22(28(18)12-10-20(30)33-2)15-5-3-14(4-6-15)21(24)25/h3-8,13H,9-12H2,1-2H3,(H3,24,25)(H,26,31). The van der Waals surface area contributed by atoms with Crippen molar-refractivity contribution >= 4 is 34.7 Å². The number of nitrogen functional groups attached to an aromatic ring is 1. The zero-order chi connectivity index (χ0) is 24.0. The van der Waals surface area contributed by atoms with Crippen molar-refractivity contribution in [3.05, 3.63) is 53.6 Å². The molecule has 1 amide bonds. The molecule has 0 aliphatic rings. The molecule has 1 heterocycles. The van der Waals surface area contributed by atoms with E-state index in [0.717, 1.165) is 11.1 Å². The molecule has 0 saturated carbocycles. The highest BCUT2D eigenvalue weighted by Gasteiger charge is 2.16. The molecule has 0 aliphatic heterocycles. The van der Waals surface area contributed by atoms with Gasteiger partial charge in [-0.2, -0.15) is 0 Å². The van der Waals surface area contributed by atoms with Gasteiger partial charge in [0.25, 0.3) is 5.91 Å². The van der Waals surface area contributed by atoms with Gasteiger partial charge in [0.15, 0.2) is 0 Å². The summed E-state index contributed by atoms with van der Waals surface area (Å²) in [6.45, 7) is 0.489. The predicted octanol–water partition coefficient (Wildman–Crippen LogP) is 1.84. The molecule has 0 bridgehead atoms. The molecular weight excluding hydrogens is 426 g/mol. The number of nitrogens with zero attached hydrogens (tertiary/aromatic N) is 2. The number of ether oxygens (including phenoxy) is 2. The van der Waals surface area contributed by atoms with Crippen LogP contribution in [0.3, 0.4) is 0 Å². The Hall–Kier alpha value is -4.21. The Labute approximate surface area is 190 Å². The van der Waals surface area contributed by atoms with Crippen molar-refractivity contribution in [3.63, 3.8) is 0 Å². The number of carbonyl (C=O) groups excluding carboxylic acids is 3. The summed E-state index contributed by atoms with van der Waals surface area (Å²) in [7, 11) is 2.63. The smallest absolute Gasteiger partial charge is 0.307 e. The number of rotatable bonds is 9. The number of fused-ring (bicyclic) bond motifs is 1. The molecule has 2 aromatic carbocycles. The maximum Gasteiger partial charge on any atom is 0.307 e. The van der Waals surface area contributed by atoms with Gasteiger partial charge >= 0.3 is 11.9 Å². The quantitative estimate of drug-likeness (QED) is 0.255. The summed E-state index contributed by atoms with van der Waals surface area (Å²) >= 11 is 0. The fraction of sp³-hybridized carbons (Fsp3) is 0.261. The largest absolute Gasteiger partial charge is 0.469 e. The van der Waals surface area contributed by atoms with Crippen LogP contribution in [0.4, 0.5) is 0 Å². The van der Waals surface area contributed by atoms with Crippen molar-refractivity contribution in [2.75, 3.05) is 20.8 Å². The monoisotopic (exact) mass is 451 g/mol. The van der Waals surface area contributed by atoms with Crippen LogP contribution in [0.1, 0.15) is 28.8 Å². The van der Waals surface area contributed by atoms with Gasteiger partial charge in [0.05, 0.1) is 38.1 Å². The fourth-order valence-corrected chi connectivity index (χ4v) is 3.30. The van der Waals surface area contributed by atoms with E-state index in [4.69, 9.17) is 20.9 Å². The number of aromatic nitrogens is 2. The minimum absolute atomic E-state index is 0.0383. The molecule has 172 valence electrons. The van der Waals surface area contributed by atoms with Crippen LogP contribution in [-0.2, 0) is 25.6 Å². The molecule has 3 aromatic rings. The molecule has 10 nitrogen and oxygen atoms in total. The van der Waals surface area contributed by atoms with Gasteiger partial charge in [-0.3, -0.25) is 19.8 Å². The van der Waals surface area contributed by atoms with Gasteiger partial charge in [0.1, 0.15) is 11.7 Å². The molecule has 33 heavy (non-hydrogen) atoms. The summed E-state index contributed by atoms with van der Waals surface area (Å²) in [5.74, 6) is -0.528. The lowest BCUT2D eigenvalue weighted by Crippen LogP contribution is -2.26. The zero-order valence-electron chi connectivity index (χ0n) is 18.4. The molecule has 0 radical (unpaired) electrons. The summed E-state index contributed by atoms with van der Waals surface area (Å²) in [5.41, 5.74) is 8.61. The third kappa shape index (κ3) is 5.53. The molecule has 0 spiro atoms. The minimum atomic E-state index is -0.407. The Morgan fingerprint density at radius 2 is 1.64 bits per heavy atom. The van der Waals surface area contributed by atoms with E-state index in [1.54, 1.807) is 42.5 Å². The van der Waals surface area contributed by atoms with Crippen LogP contribution < -0.4 is 11.1 Å². The number of aryl methyl sites for hydroxylation is 1. The lowest BCUT2D eigenvalue weighted by atomic mass is 10.1. The molecular formula is C23H25N5O5. The molecule has 1 aromatic heterocycles. The van der Waals surface area contributed by atoms with E-state index >= 15 is 0 Å². The number of amides is 1. The molecule has 0 saturated heterocycles. The van der Waals surface area contributed by atoms with Crippen LogP contribution >= 0.6 is 0 Å². The third-order valence-corrected chi connectivity index (χ3v) is 5.07. The lowest BCUT2D eigenvalue weighted by molar-refractivity contribution is -0.141. The third-order valence-electron chi connectivity index (χ3n) is 5.07.